The summed E-state index contributed by atoms with van der Waals surface area (Å²) in [6.45, 7) is 1.90. The monoisotopic (exact) mass is 440 g/mol. The van der Waals surface area contributed by atoms with Gasteiger partial charge in [0.25, 0.3) is 0 Å². The van der Waals surface area contributed by atoms with E-state index in [-0.39, 0.29) is 5.56 Å². The normalized spacial score (nSPS) is 11.1. The van der Waals surface area contributed by atoms with Crippen molar-refractivity contribution in [1.82, 2.24) is 4.98 Å². The van der Waals surface area contributed by atoms with Crippen LogP contribution >= 0.6 is 27.5 Å². The van der Waals surface area contributed by atoms with Gasteiger partial charge in [0.1, 0.15) is 11.5 Å². The summed E-state index contributed by atoms with van der Waals surface area (Å²) in [5.41, 5.74) is 2.85. The van der Waals surface area contributed by atoms with Crippen molar-refractivity contribution in [2.24, 2.45) is 0 Å². The molecule has 0 aliphatic heterocycles. The minimum absolute atomic E-state index is 0.0864. The molecule has 2 aromatic carbocycles. The maximum atomic E-state index is 11.6. The van der Waals surface area contributed by atoms with Crippen LogP contribution in [0.2, 0.25) is 5.02 Å². The molecule has 2 aromatic heterocycles. The largest absolute Gasteiger partial charge is 0.545 e. The fourth-order valence-corrected chi connectivity index (χ4v) is 3.34. The van der Waals surface area contributed by atoms with Crippen molar-refractivity contribution in [3.63, 3.8) is 0 Å². The van der Waals surface area contributed by atoms with Gasteiger partial charge in [-0.05, 0) is 65.3 Å². The standard InChI is InChI=1S/C21H13BrClNO3/c1-11-2-5-17-13(8-11)14(21(25)26)10-18(24-17)20-7-6-19(27-20)12-3-4-15(22)16(23)9-12/h2-10H,1H3,(H,25,26)/p-1. The van der Waals surface area contributed by atoms with Gasteiger partial charge in [-0.3, -0.25) is 0 Å². The number of rotatable bonds is 3. The average Bonchev–Trinajstić information content (AvgIpc) is 3.13. The van der Waals surface area contributed by atoms with Crippen LogP contribution in [0, 0.1) is 6.92 Å². The molecule has 0 aliphatic rings. The van der Waals surface area contributed by atoms with Crippen LogP contribution in [0.25, 0.3) is 33.7 Å². The number of carbonyl (C=O) groups is 1. The third kappa shape index (κ3) is 3.36. The zero-order chi connectivity index (χ0) is 19.1. The number of hydrogen-bond acceptors (Lipinski definition) is 4. The number of nitrogens with zero attached hydrogens (tertiary/aromatic N) is 1. The highest BCUT2D eigenvalue weighted by atomic mass is 79.9. The zero-order valence-corrected chi connectivity index (χ0v) is 16.5. The zero-order valence-electron chi connectivity index (χ0n) is 14.1. The first-order chi connectivity index (χ1) is 12.9. The number of aromatic nitrogens is 1. The number of carbonyl (C=O) groups excluding carboxylic acids is 1. The molecular weight excluding hydrogens is 430 g/mol. The molecule has 0 amide bonds. The van der Waals surface area contributed by atoms with Crippen LogP contribution in [-0.4, -0.2) is 11.0 Å². The maximum absolute atomic E-state index is 11.6. The van der Waals surface area contributed by atoms with E-state index in [0.717, 1.165) is 15.6 Å². The SMILES string of the molecule is Cc1ccc2nc(-c3ccc(-c4ccc(Br)c(Cl)c4)o3)cc(C(=O)[O-])c2c1. The minimum Gasteiger partial charge on any atom is -0.545 e. The molecule has 0 aliphatic carbocycles. The number of furan rings is 1. The van der Waals surface area contributed by atoms with Crippen LogP contribution in [0.5, 0.6) is 0 Å². The third-order valence-corrected chi connectivity index (χ3v) is 5.48. The molecule has 0 unspecified atom stereocenters. The second-order valence-electron chi connectivity index (χ2n) is 6.16. The van der Waals surface area contributed by atoms with Crippen molar-refractivity contribution in [3.8, 4) is 22.8 Å². The van der Waals surface area contributed by atoms with Gasteiger partial charge in [-0.25, -0.2) is 4.98 Å². The highest BCUT2D eigenvalue weighted by molar-refractivity contribution is 9.10. The van der Waals surface area contributed by atoms with Crippen LogP contribution in [0.1, 0.15) is 15.9 Å². The van der Waals surface area contributed by atoms with E-state index < -0.39 is 5.97 Å². The number of benzene rings is 2. The van der Waals surface area contributed by atoms with Gasteiger partial charge >= 0.3 is 0 Å². The fourth-order valence-electron chi connectivity index (χ4n) is 2.91. The molecule has 2 heterocycles. The molecule has 4 nitrogen and oxygen atoms in total. The summed E-state index contributed by atoms with van der Waals surface area (Å²) in [5, 5.41) is 12.7. The number of carboxylic acids is 1. The topological polar surface area (TPSA) is 66.2 Å². The molecule has 0 radical (unpaired) electrons. The van der Waals surface area contributed by atoms with Gasteiger partial charge in [0.05, 0.1) is 16.5 Å². The predicted octanol–water partition coefficient (Wildman–Crippen LogP) is 5.25. The Hall–Kier alpha value is -2.63. The average molecular weight is 442 g/mol. The van der Waals surface area contributed by atoms with E-state index in [1.165, 1.54) is 6.07 Å². The van der Waals surface area contributed by atoms with Gasteiger partial charge in [-0.1, -0.05) is 29.3 Å². The number of fused-ring (bicyclic) bond motifs is 1. The second kappa shape index (κ2) is 6.83. The number of halogens is 2. The summed E-state index contributed by atoms with van der Waals surface area (Å²) >= 11 is 9.51. The molecule has 0 atom stereocenters. The van der Waals surface area contributed by atoms with E-state index in [1.54, 1.807) is 30.3 Å². The summed E-state index contributed by atoms with van der Waals surface area (Å²) in [5.74, 6) is -0.171. The van der Waals surface area contributed by atoms with Gasteiger partial charge < -0.3 is 14.3 Å². The van der Waals surface area contributed by atoms with Crippen molar-refractivity contribution in [2.75, 3.05) is 0 Å². The van der Waals surface area contributed by atoms with Crippen LogP contribution < -0.4 is 5.11 Å². The second-order valence-corrected chi connectivity index (χ2v) is 7.42. The van der Waals surface area contributed by atoms with Gasteiger partial charge in [0, 0.05) is 21.0 Å². The Bertz CT molecular complexity index is 1200. The molecule has 6 heteroatoms. The van der Waals surface area contributed by atoms with Crippen molar-refractivity contribution >= 4 is 44.4 Å². The lowest BCUT2D eigenvalue weighted by Crippen LogP contribution is -2.22. The fraction of sp³-hybridized carbons (Fsp3) is 0.0476. The molecule has 0 fully saturated rings. The number of hydrogen-bond donors (Lipinski definition) is 0. The molecule has 0 saturated heterocycles. The Kier molecular flexibility index (Phi) is 4.50. The Morgan fingerprint density at radius 2 is 1.85 bits per heavy atom. The number of aromatic carboxylic acids is 1. The van der Waals surface area contributed by atoms with E-state index in [9.17, 15) is 9.90 Å². The van der Waals surface area contributed by atoms with Crippen LogP contribution in [0.4, 0.5) is 0 Å². The van der Waals surface area contributed by atoms with Crippen molar-refractivity contribution < 1.29 is 14.3 Å². The molecule has 0 bridgehead atoms. The number of carboxylic acid groups (broad SMARTS) is 1. The van der Waals surface area contributed by atoms with E-state index in [2.05, 4.69) is 20.9 Å². The molecule has 4 rings (SSSR count). The van der Waals surface area contributed by atoms with Crippen molar-refractivity contribution in [1.29, 1.82) is 0 Å². The first-order valence-corrected chi connectivity index (χ1v) is 9.28. The van der Waals surface area contributed by atoms with Gasteiger partial charge in [-0.15, -0.1) is 0 Å². The van der Waals surface area contributed by atoms with E-state index in [1.807, 2.05) is 25.1 Å². The van der Waals surface area contributed by atoms with Gasteiger partial charge in [0.2, 0.25) is 0 Å². The predicted molar refractivity (Wildman–Crippen MR) is 107 cm³/mol. The van der Waals surface area contributed by atoms with Crippen LogP contribution in [-0.2, 0) is 0 Å². The highest BCUT2D eigenvalue weighted by Crippen LogP contribution is 2.33. The van der Waals surface area contributed by atoms with Crippen LogP contribution in [0.3, 0.4) is 0 Å². The summed E-state index contributed by atoms with van der Waals surface area (Å²) in [6, 6.07) is 16.0. The smallest absolute Gasteiger partial charge is 0.153 e. The molecule has 0 saturated carbocycles. The highest BCUT2D eigenvalue weighted by Gasteiger charge is 2.13. The molecular formula is C21H12BrClNO3-. The summed E-state index contributed by atoms with van der Waals surface area (Å²) in [4.78, 5) is 16.2. The lowest BCUT2D eigenvalue weighted by atomic mass is 10.0. The maximum Gasteiger partial charge on any atom is 0.153 e. The molecule has 0 spiro atoms. The van der Waals surface area contributed by atoms with Crippen molar-refractivity contribution in [2.45, 2.75) is 6.92 Å². The summed E-state index contributed by atoms with van der Waals surface area (Å²) < 4.78 is 6.70. The Labute approximate surface area is 168 Å². The lowest BCUT2D eigenvalue weighted by molar-refractivity contribution is -0.254. The molecule has 0 N–H and O–H groups in total. The third-order valence-electron chi connectivity index (χ3n) is 4.25. The minimum atomic E-state index is -1.25. The van der Waals surface area contributed by atoms with E-state index in [0.29, 0.717) is 33.1 Å². The first kappa shape index (κ1) is 17.8. The summed E-state index contributed by atoms with van der Waals surface area (Å²) in [6.07, 6.45) is 0. The number of aryl methyl sites for hydroxylation is 1. The molecule has 27 heavy (non-hydrogen) atoms. The summed E-state index contributed by atoms with van der Waals surface area (Å²) in [7, 11) is 0. The Balaban J connectivity index is 1.83. The van der Waals surface area contributed by atoms with Crippen LogP contribution in [0.15, 0.2) is 63.5 Å². The van der Waals surface area contributed by atoms with Gasteiger partial charge in [0.15, 0.2) is 5.76 Å². The van der Waals surface area contributed by atoms with Crippen molar-refractivity contribution in [3.05, 3.63) is 75.2 Å². The van der Waals surface area contributed by atoms with E-state index >= 15 is 0 Å². The van der Waals surface area contributed by atoms with Gasteiger partial charge in [-0.2, -0.15) is 0 Å². The molecule has 134 valence electrons. The Morgan fingerprint density at radius 3 is 2.59 bits per heavy atom. The first-order valence-electron chi connectivity index (χ1n) is 8.11. The quantitative estimate of drug-likeness (QED) is 0.435. The molecule has 4 aromatic rings. The lowest BCUT2D eigenvalue weighted by Gasteiger charge is -2.10. The van der Waals surface area contributed by atoms with E-state index in [4.69, 9.17) is 16.0 Å². The Morgan fingerprint density at radius 1 is 1.07 bits per heavy atom. The number of pyridine rings is 1.